The molecule has 0 saturated carbocycles. The standard InChI is InChI=1S/C14H15F5N2/c1-11-4-2-5-12(10-11)21(8-3-7-20)9-6-13(15,16)14(17,18)19/h2,4-5,10H,3,6,8-9H2,1H3. The number of nitriles is 1. The zero-order valence-electron chi connectivity index (χ0n) is 11.4. The van der Waals surface area contributed by atoms with Crippen LogP contribution in [-0.2, 0) is 0 Å². The maximum atomic E-state index is 13.0. The van der Waals surface area contributed by atoms with Gasteiger partial charge in [-0.25, -0.2) is 0 Å². The minimum Gasteiger partial charge on any atom is -0.370 e. The van der Waals surface area contributed by atoms with Crippen molar-refractivity contribution in [3.8, 4) is 6.07 Å². The zero-order valence-corrected chi connectivity index (χ0v) is 11.4. The molecule has 0 fully saturated rings. The lowest BCUT2D eigenvalue weighted by Gasteiger charge is -2.27. The van der Waals surface area contributed by atoms with Crippen molar-refractivity contribution in [3.63, 3.8) is 0 Å². The highest BCUT2D eigenvalue weighted by molar-refractivity contribution is 5.48. The van der Waals surface area contributed by atoms with E-state index in [-0.39, 0.29) is 13.0 Å². The minimum atomic E-state index is -5.56. The molecule has 0 atom stereocenters. The lowest BCUT2D eigenvalue weighted by molar-refractivity contribution is -0.283. The third kappa shape index (κ3) is 4.88. The van der Waals surface area contributed by atoms with Crippen LogP contribution >= 0.6 is 0 Å². The Morgan fingerprint density at radius 2 is 1.81 bits per heavy atom. The van der Waals surface area contributed by atoms with Gasteiger partial charge in [0.25, 0.3) is 0 Å². The Balaban J connectivity index is 2.83. The fraction of sp³-hybridized carbons (Fsp3) is 0.500. The van der Waals surface area contributed by atoms with Crippen LogP contribution in [0.15, 0.2) is 24.3 Å². The molecule has 0 amide bonds. The lowest BCUT2D eigenvalue weighted by Crippen LogP contribution is -2.40. The van der Waals surface area contributed by atoms with Crippen molar-refractivity contribution in [3.05, 3.63) is 29.8 Å². The summed E-state index contributed by atoms with van der Waals surface area (Å²) in [5.41, 5.74) is 1.39. The van der Waals surface area contributed by atoms with Gasteiger partial charge in [0.15, 0.2) is 0 Å². The van der Waals surface area contributed by atoms with Crippen LogP contribution in [-0.4, -0.2) is 25.2 Å². The van der Waals surface area contributed by atoms with E-state index in [0.29, 0.717) is 5.69 Å². The number of hydrogen-bond acceptors (Lipinski definition) is 2. The number of anilines is 1. The van der Waals surface area contributed by atoms with Crippen molar-refractivity contribution in [1.29, 1.82) is 5.26 Å². The predicted molar refractivity (Wildman–Crippen MR) is 69.2 cm³/mol. The second-order valence-corrected chi connectivity index (χ2v) is 4.69. The summed E-state index contributed by atoms with van der Waals surface area (Å²) < 4.78 is 62.5. The van der Waals surface area contributed by atoms with Gasteiger partial charge < -0.3 is 4.90 Å². The molecule has 0 aliphatic rings. The van der Waals surface area contributed by atoms with Crippen LogP contribution in [0.2, 0.25) is 0 Å². The van der Waals surface area contributed by atoms with Crippen LogP contribution in [0.1, 0.15) is 18.4 Å². The Labute approximate surface area is 119 Å². The molecule has 7 heteroatoms. The summed E-state index contributed by atoms with van der Waals surface area (Å²) >= 11 is 0. The van der Waals surface area contributed by atoms with E-state index in [9.17, 15) is 22.0 Å². The van der Waals surface area contributed by atoms with Gasteiger partial charge >= 0.3 is 12.1 Å². The molecule has 0 heterocycles. The van der Waals surface area contributed by atoms with E-state index in [1.807, 2.05) is 6.07 Å². The molecule has 1 aromatic rings. The number of nitrogens with zero attached hydrogens (tertiary/aromatic N) is 2. The highest BCUT2D eigenvalue weighted by Gasteiger charge is 2.56. The summed E-state index contributed by atoms with van der Waals surface area (Å²) in [4.78, 5) is 1.37. The summed E-state index contributed by atoms with van der Waals surface area (Å²) in [6.45, 7) is 1.42. The Morgan fingerprint density at radius 3 is 2.33 bits per heavy atom. The first-order valence-electron chi connectivity index (χ1n) is 6.30. The summed E-state index contributed by atoms with van der Waals surface area (Å²) in [5, 5.41) is 8.57. The van der Waals surface area contributed by atoms with Gasteiger partial charge in [0.2, 0.25) is 0 Å². The third-order valence-electron chi connectivity index (χ3n) is 2.97. The Kier molecular flexibility index (Phi) is 5.53. The second kappa shape index (κ2) is 6.74. The number of alkyl halides is 5. The fourth-order valence-corrected chi connectivity index (χ4v) is 1.80. The first-order chi connectivity index (χ1) is 9.67. The van der Waals surface area contributed by atoms with Crippen molar-refractivity contribution in [2.24, 2.45) is 0 Å². The molecule has 0 aromatic heterocycles. The number of aryl methyl sites for hydroxylation is 1. The van der Waals surface area contributed by atoms with Gasteiger partial charge in [0, 0.05) is 25.2 Å². The molecular weight excluding hydrogens is 291 g/mol. The van der Waals surface area contributed by atoms with Crippen LogP contribution in [0, 0.1) is 18.3 Å². The summed E-state index contributed by atoms with van der Waals surface area (Å²) in [5.74, 6) is -4.73. The Morgan fingerprint density at radius 1 is 1.14 bits per heavy atom. The summed E-state index contributed by atoms with van der Waals surface area (Å²) in [6.07, 6.45) is -6.85. The quantitative estimate of drug-likeness (QED) is 0.733. The van der Waals surface area contributed by atoms with E-state index >= 15 is 0 Å². The molecule has 1 rings (SSSR count). The number of hydrogen-bond donors (Lipinski definition) is 0. The third-order valence-corrected chi connectivity index (χ3v) is 2.97. The number of halogens is 5. The highest BCUT2D eigenvalue weighted by Crippen LogP contribution is 2.38. The van der Waals surface area contributed by atoms with Gasteiger partial charge in [-0.2, -0.15) is 27.2 Å². The largest absolute Gasteiger partial charge is 0.453 e. The molecule has 0 bridgehead atoms. The first kappa shape index (κ1) is 17.2. The normalized spacial score (nSPS) is 12.0. The molecule has 2 nitrogen and oxygen atoms in total. The van der Waals surface area contributed by atoms with E-state index in [1.54, 1.807) is 31.2 Å². The topological polar surface area (TPSA) is 27.0 Å². The van der Waals surface area contributed by atoms with Gasteiger partial charge in [0.1, 0.15) is 0 Å². The fourth-order valence-electron chi connectivity index (χ4n) is 1.80. The van der Waals surface area contributed by atoms with Crippen molar-refractivity contribution >= 4 is 5.69 Å². The predicted octanol–water partition coefficient (Wildman–Crippen LogP) is 4.30. The molecule has 0 unspecified atom stereocenters. The molecule has 0 N–H and O–H groups in total. The molecule has 0 radical (unpaired) electrons. The maximum absolute atomic E-state index is 13.0. The van der Waals surface area contributed by atoms with Crippen LogP contribution < -0.4 is 4.90 Å². The molecule has 0 aliphatic carbocycles. The highest BCUT2D eigenvalue weighted by atomic mass is 19.4. The molecule has 0 aliphatic heterocycles. The molecule has 0 saturated heterocycles. The van der Waals surface area contributed by atoms with Crippen molar-refractivity contribution < 1.29 is 22.0 Å². The van der Waals surface area contributed by atoms with Crippen LogP contribution in [0.5, 0.6) is 0 Å². The van der Waals surface area contributed by atoms with Gasteiger partial charge in [-0.1, -0.05) is 12.1 Å². The number of rotatable bonds is 6. The van der Waals surface area contributed by atoms with Crippen LogP contribution in [0.3, 0.4) is 0 Å². The van der Waals surface area contributed by atoms with E-state index in [4.69, 9.17) is 5.26 Å². The molecule has 116 valence electrons. The van der Waals surface area contributed by atoms with Crippen LogP contribution in [0.25, 0.3) is 0 Å². The first-order valence-corrected chi connectivity index (χ1v) is 6.30. The monoisotopic (exact) mass is 306 g/mol. The Bertz CT molecular complexity index is 505. The summed E-state index contributed by atoms with van der Waals surface area (Å²) in [6, 6.07) is 8.64. The van der Waals surface area contributed by atoms with Gasteiger partial charge in [-0.15, -0.1) is 0 Å². The summed E-state index contributed by atoms with van der Waals surface area (Å²) in [7, 11) is 0. The average Bonchev–Trinajstić information content (AvgIpc) is 2.37. The molecule has 1 aromatic carbocycles. The molecule has 0 spiro atoms. The van der Waals surface area contributed by atoms with Crippen molar-refractivity contribution in [2.75, 3.05) is 18.0 Å². The van der Waals surface area contributed by atoms with Crippen molar-refractivity contribution in [2.45, 2.75) is 31.9 Å². The maximum Gasteiger partial charge on any atom is 0.453 e. The van der Waals surface area contributed by atoms with Crippen LogP contribution in [0.4, 0.5) is 27.6 Å². The second-order valence-electron chi connectivity index (χ2n) is 4.69. The number of benzene rings is 1. The van der Waals surface area contributed by atoms with Crippen molar-refractivity contribution in [1.82, 2.24) is 0 Å². The van der Waals surface area contributed by atoms with E-state index in [0.717, 1.165) is 5.56 Å². The SMILES string of the molecule is Cc1cccc(N(CCC#N)CCC(F)(F)C(F)(F)F)c1. The van der Waals surface area contributed by atoms with E-state index < -0.39 is 25.1 Å². The average molecular weight is 306 g/mol. The smallest absolute Gasteiger partial charge is 0.370 e. The zero-order chi connectivity index (χ0) is 16.1. The molecular formula is C14H15F5N2. The lowest BCUT2D eigenvalue weighted by atomic mass is 10.1. The van der Waals surface area contributed by atoms with E-state index in [2.05, 4.69) is 0 Å². The Hall–Kier alpha value is -1.84. The molecule has 21 heavy (non-hydrogen) atoms. The van der Waals surface area contributed by atoms with E-state index in [1.165, 1.54) is 4.90 Å². The van der Waals surface area contributed by atoms with Gasteiger partial charge in [0.05, 0.1) is 12.5 Å². The minimum absolute atomic E-state index is 0.0472. The van der Waals surface area contributed by atoms with Gasteiger partial charge in [-0.3, -0.25) is 0 Å². The van der Waals surface area contributed by atoms with Gasteiger partial charge in [-0.05, 0) is 24.6 Å².